The van der Waals surface area contributed by atoms with Crippen molar-refractivity contribution in [2.24, 2.45) is 0 Å². The molecule has 22 heavy (non-hydrogen) atoms. The fourth-order valence-corrected chi connectivity index (χ4v) is 2.17. The minimum atomic E-state index is 0.640. The largest absolute Gasteiger partial charge is 0.494 e. The number of hydrogen-bond donors (Lipinski definition) is 0. The second-order valence-corrected chi connectivity index (χ2v) is 5.05. The summed E-state index contributed by atoms with van der Waals surface area (Å²) >= 11 is 0. The van der Waals surface area contributed by atoms with Gasteiger partial charge >= 0.3 is 0 Å². The molecule has 2 rings (SSSR count). The molecule has 0 spiro atoms. The van der Waals surface area contributed by atoms with Crippen molar-refractivity contribution in [3.63, 3.8) is 0 Å². The molecule has 0 aliphatic carbocycles. The fraction of sp³-hybridized carbons (Fsp3) is 0.263. The van der Waals surface area contributed by atoms with E-state index in [2.05, 4.69) is 4.85 Å². The van der Waals surface area contributed by atoms with Crippen LogP contribution in [0.2, 0.25) is 0 Å². The summed E-state index contributed by atoms with van der Waals surface area (Å²) in [6.45, 7) is 7.63. The topological polar surface area (TPSA) is 30.7 Å². The SMILES string of the molecule is [C-]#[N+]c1ccc(-c2ccc(OCCCCCC=O)cc2)cc1. The zero-order valence-corrected chi connectivity index (χ0v) is 12.5. The van der Waals surface area contributed by atoms with Gasteiger partial charge in [-0.05, 0) is 42.5 Å². The highest BCUT2D eigenvalue weighted by Crippen LogP contribution is 2.24. The summed E-state index contributed by atoms with van der Waals surface area (Å²) in [5.41, 5.74) is 2.85. The van der Waals surface area contributed by atoms with Crippen molar-refractivity contribution in [2.45, 2.75) is 25.7 Å². The molecule has 0 aromatic heterocycles. The van der Waals surface area contributed by atoms with E-state index in [1.807, 2.05) is 48.5 Å². The summed E-state index contributed by atoms with van der Waals surface area (Å²) < 4.78 is 5.69. The number of nitrogens with zero attached hydrogens (tertiary/aromatic N) is 1. The van der Waals surface area contributed by atoms with E-state index in [9.17, 15) is 4.79 Å². The number of carbonyl (C=O) groups is 1. The molecule has 0 N–H and O–H groups in total. The Kier molecular flexibility index (Phi) is 6.19. The van der Waals surface area contributed by atoms with Crippen LogP contribution >= 0.6 is 0 Å². The maximum atomic E-state index is 10.2. The average Bonchev–Trinajstić information content (AvgIpc) is 2.59. The van der Waals surface area contributed by atoms with Crippen LogP contribution < -0.4 is 4.74 Å². The van der Waals surface area contributed by atoms with E-state index in [1.54, 1.807) is 0 Å². The molecule has 0 heterocycles. The van der Waals surface area contributed by atoms with Crippen LogP contribution in [0.3, 0.4) is 0 Å². The maximum absolute atomic E-state index is 10.2. The standard InChI is InChI=1S/C19H19NO2/c1-20-18-10-6-16(7-11-18)17-8-12-19(13-9-17)22-15-5-3-2-4-14-21/h6-14H,2-5,15H2. The number of rotatable bonds is 8. The van der Waals surface area contributed by atoms with Crippen molar-refractivity contribution in [1.29, 1.82) is 0 Å². The second-order valence-electron chi connectivity index (χ2n) is 5.05. The molecule has 0 saturated heterocycles. The third-order valence-corrected chi connectivity index (χ3v) is 3.42. The summed E-state index contributed by atoms with van der Waals surface area (Å²) in [4.78, 5) is 13.6. The number of aldehydes is 1. The minimum Gasteiger partial charge on any atom is -0.494 e. The Morgan fingerprint density at radius 1 is 0.909 bits per heavy atom. The van der Waals surface area contributed by atoms with E-state index in [0.29, 0.717) is 18.7 Å². The zero-order chi connectivity index (χ0) is 15.6. The van der Waals surface area contributed by atoms with Gasteiger partial charge in [-0.3, -0.25) is 0 Å². The molecule has 0 atom stereocenters. The van der Waals surface area contributed by atoms with E-state index < -0.39 is 0 Å². The lowest BCUT2D eigenvalue weighted by molar-refractivity contribution is -0.107. The first-order chi connectivity index (χ1) is 10.8. The van der Waals surface area contributed by atoms with E-state index in [1.165, 1.54) is 0 Å². The van der Waals surface area contributed by atoms with Gasteiger partial charge in [0.15, 0.2) is 5.69 Å². The van der Waals surface area contributed by atoms with Crippen LogP contribution in [0.15, 0.2) is 48.5 Å². The molecule has 2 aromatic carbocycles. The highest BCUT2D eigenvalue weighted by molar-refractivity contribution is 5.66. The lowest BCUT2D eigenvalue weighted by Gasteiger charge is -2.07. The lowest BCUT2D eigenvalue weighted by Crippen LogP contribution is -1.97. The molecular weight excluding hydrogens is 274 g/mol. The third kappa shape index (κ3) is 4.75. The number of carbonyl (C=O) groups excluding carboxylic acids is 1. The van der Waals surface area contributed by atoms with Gasteiger partial charge in [0, 0.05) is 6.42 Å². The van der Waals surface area contributed by atoms with Gasteiger partial charge in [0.05, 0.1) is 13.2 Å². The van der Waals surface area contributed by atoms with Crippen LogP contribution in [0.25, 0.3) is 16.0 Å². The maximum Gasteiger partial charge on any atom is 0.187 e. The smallest absolute Gasteiger partial charge is 0.187 e. The number of benzene rings is 2. The van der Waals surface area contributed by atoms with Crippen LogP contribution in [0.4, 0.5) is 5.69 Å². The van der Waals surface area contributed by atoms with Crippen molar-refractivity contribution in [2.75, 3.05) is 6.61 Å². The highest BCUT2D eigenvalue weighted by atomic mass is 16.5. The number of unbranched alkanes of at least 4 members (excludes halogenated alkanes) is 3. The van der Waals surface area contributed by atoms with Gasteiger partial charge in [-0.2, -0.15) is 0 Å². The van der Waals surface area contributed by atoms with Gasteiger partial charge in [0.2, 0.25) is 0 Å². The summed E-state index contributed by atoms with van der Waals surface area (Å²) in [7, 11) is 0. The Bertz CT molecular complexity index is 624. The molecule has 0 fully saturated rings. The first kappa shape index (κ1) is 15.8. The molecule has 0 aliphatic heterocycles. The summed E-state index contributed by atoms with van der Waals surface area (Å²) in [5.74, 6) is 0.858. The first-order valence-corrected chi connectivity index (χ1v) is 7.48. The van der Waals surface area contributed by atoms with Crippen molar-refractivity contribution in [3.05, 3.63) is 59.9 Å². The van der Waals surface area contributed by atoms with Gasteiger partial charge in [0.1, 0.15) is 12.0 Å². The quantitative estimate of drug-likeness (QED) is 0.387. The van der Waals surface area contributed by atoms with Crippen molar-refractivity contribution in [1.82, 2.24) is 0 Å². The molecule has 0 saturated carbocycles. The number of ether oxygens (including phenoxy) is 1. The predicted octanol–water partition coefficient (Wildman–Crippen LogP) is 5.04. The fourth-order valence-electron chi connectivity index (χ4n) is 2.17. The lowest BCUT2D eigenvalue weighted by atomic mass is 10.1. The Labute approximate surface area is 131 Å². The van der Waals surface area contributed by atoms with E-state index in [-0.39, 0.29) is 0 Å². The van der Waals surface area contributed by atoms with Crippen LogP contribution in [0.5, 0.6) is 5.75 Å². The van der Waals surface area contributed by atoms with Crippen LogP contribution in [-0.2, 0) is 4.79 Å². The third-order valence-electron chi connectivity index (χ3n) is 3.42. The van der Waals surface area contributed by atoms with Crippen molar-refractivity contribution >= 4 is 12.0 Å². The molecule has 112 valence electrons. The van der Waals surface area contributed by atoms with Gasteiger partial charge < -0.3 is 9.53 Å². The summed E-state index contributed by atoms with van der Waals surface area (Å²) in [6, 6.07) is 15.5. The first-order valence-electron chi connectivity index (χ1n) is 7.48. The molecule has 0 amide bonds. The number of hydrogen-bond acceptors (Lipinski definition) is 2. The van der Waals surface area contributed by atoms with Gasteiger partial charge in [-0.1, -0.05) is 36.4 Å². The summed E-state index contributed by atoms with van der Waals surface area (Å²) in [5, 5.41) is 0. The van der Waals surface area contributed by atoms with Crippen LogP contribution in [-0.4, -0.2) is 12.9 Å². The molecule has 0 unspecified atom stereocenters. The molecule has 0 aliphatic rings. The second kappa shape index (κ2) is 8.63. The Morgan fingerprint density at radius 3 is 2.14 bits per heavy atom. The molecule has 0 radical (unpaired) electrons. The molecular formula is C19H19NO2. The Morgan fingerprint density at radius 2 is 1.55 bits per heavy atom. The van der Waals surface area contributed by atoms with Gasteiger partial charge in [-0.25, -0.2) is 4.85 Å². The van der Waals surface area contributed by atoms with E-state index in [4.69, 9.17) is 11.3 Å². The monoisotopic (exact) mass is 293 g/mol. The molecule has 3 heteroatoms. The van der Waals surface area contributed by atoms with E-state index >= 15 is 0 Å². The molecule has 3 nitrogen and oxygen atoms in total. The van der Waals surface area contributed by atoms with Crippen LogP contribution in [0.1, 0.15) is 25.7 Å². The Balaban J connectivity index is 1.84. The van der Waals surface area contributed by atoms with E-state index in [0.717, 1.165) is 42.4 Å². The average molecular weight is 293 g/mol. The highest BCUT2D eigenvalue weighted by Gasteiger charge is 1.99. The van der Waals surface area contributed by atoms with Crippen molar-refractivity contribution < 1.29 is 9.53 Å². The minimum absolute atomic E-state index is 0.640. The van der Waals surface area contributed by atoms with Gasteiger partial charge in [-0.15, -0.1) is 0 Å². The Hall–Kier alpha value is -2.60. The zero-order valence-electron chi connectivity index (χ0n) is 12.5. The normalized spacial score (nSPS) is 9.95. The predicted molar refractivity (Wildman–Crippen MR) is 88.2 cm³/mol. The van der Waals surface area contributed by atoms with Gasteiger partial charge in [0.25, 0.3) is 0 Å². The van der Waals surface area contributed by atoms with Crippen LogP contribution in [0, 0.1) is 6.57 Å². The summed E-state index contributed by atoms with van der Waals surface area (Å²) in [6.07, 6.45) is 4.52. The molecule has 2 aromatic rings. The molecule has 0 bridgehead atoms. The van der Waals surface area contributed by atoms with Crippen molar-refractivity contribution in [3.8, 4) is 16.9 Å².